The van der Waals surface area contributed by atoms with Crippen LogP contribution in [0.2, 0.25) is 5.02 Å². The lowest BCUT2D eigenvalue weighted by Gasteiger charge is -2.36. The predicted molar refractivity (Wildman–Crippen MR) is 93.8 cm³/mol. The van der Waals surface area contributed by atoms with Crippen molar-refractivity contribution in [2.24, 2.45) is 0 Å². The van der Waals surface area contributed by atoms with Crippen LogP contribution in [0, 0.1) is 6.92 Å². The van der Waals surface area contributed by atoms with Gasteiger partial charge in [0.05, 0.1) is 12.2 Å². The number of esters is 1. The maximum atomic E-state index is 12.4. The number of rotatable bonds is 5. The predicted octanol–water partition coefficient (Wildman–Crippen LogP) is 2.59. The van der Waals surface area contributed by atoms with Gasteiger partial charge < -0.3 is 19.1 Å². The summed E-state index contributed by atoms with van der Waals surface area (Å²) in [6, 6.07) is 5.11. The minimum Gasteiger partial charge on any atom is -0.482 e. The first-order valence-corrected chi connectivity index (χ1v) is 8.66. The molecule has 0 radical (unpaired) electrons. The van der Waals surface area contributed by atoms with Crippen LogP contribution in [-0.2, 0) is 19.1 Å². The van der Waals surface area contributed by atoms with Gasteiger partial charge >= 0.3 is 5.97 Å². The Labute approximate surface area is 153 Å². The zero-order valence-electron chi connectivity index (χ0n) is 15.0. The van der Waals surface area contributed by atoms with Crippen molar-refractivity contribution >= 4 is 23.5 Å². The van der Waals surface area contributed by atoms with Crippen LogP contribution in [0.25, 0.3) is 0 Å². The van der Waals surface area contributed by atoms with E-state index < -0.39 is 12.1 Å². The summed E-state index contributed by atoms with van der Waals surface area (Å²) in [5, 5.41) is 0.628. The van der Waals surface area contributed by atoms with Crippen molar-refractivity contribution in [1.29, 1.82) is 0 Å². The topological polar surface area (TPSA) is 65.1 Å². The Bertz CT molecular complexity index is 626. The van der Waals surface area contributed by atoms with Crippen molar-refractivity contribution in [3.8, 4) is 5.75 Å². The van der Waals surface area contributed by atoms with Gasteiger partial charge in [0.25, 0.3) is 5.91 Å². The Morgan fingerprint density at radius 3 is 2.56 bits per heavy atom. The van der Waals surface area contributed by atoms with Gasteiger partial charge in [-0.2, -0.15) is 0 Å². The van der Waals surface area contributed by atoms with E-state index in [0.29, 0.717) is 23.9 Å². The van der Waals surface area contributed by atoms with Crippen molar-refractivity contribution in [2.75, 3.05) is 19.7 Å². The minimum absolute atomic E-state index is 0.0351. The van der Waals surface area contributed by atoms with E-state index in [1.165, 1.54) is 0 Å². The van der Waals surface area contributed by atoms with Crippen LogP contribution in [0.5, 0.6) is 5.75 Å². The van der Waals surface area contributed by atoms with Gasteiger partial charge in [-0.25, -0.2) is 4.79 Å². The van der Waals surface area contributed by atoms with Crippen LogP contribution < -0.4 is 4.74 Å². The molecule has 0 bridgehead atoms. The zero-order chi connectivity index (χ0) is 18.6. The third-order valence-electron chi connectivity index (χ3n) is 3.87. The summed E-state index contributed by atoms with van der Waals surface area (Å²) in [4.78, 5) is 26.0. The number of nitrogens with zero attached hydrogens (tertiary/aromatic N) is 1. The summed E-state index contributed by atoms with van der Waals surface area (Å²) in [6.45, 7) is 7.95. The second kappa shape index (κ2) is 8.54. The van der Waals surface area contributed by atoms with Crippen molar-refractivity contribution in [3.05, 3.63) is 28.8 Å². The quantitative estimate of drug-likeness (QED) is 0.746. The Balaban J connectivity index is 1.82. The van der Waals surface area contributed by atoms with E-state index in [9.17, 15) is 9.59 Å². The van der Waals surface area contributed by atoms with Crippen LogP contribution >= 0.6 is 11.6 Å². The Hall–Kier alpha value is -1.79. The maximum Gasteiger partial charge on any atom is 0.344 e. The highest BCUT2D eigenvalue weighted by atomic mass is 35.5. The second-order valence-corrected chi connectivity index (χ2v) is 6.74. The summed E-state index contributed by atoms with van der Waals surface area (Å²) in [5.74, 6) is -0.297. The molecule has 2 rings (SSSR count). The van der Waals surface area contributed by atoms with Crippen LogP contribution in [0.4, 0.5) is 0 Å². The number of hydrogen-bond acceptors (Lipinski definition) is 5. The summed E-state index contributed by atoms with van der Waals surface area (Å²) in [6.07, 6.45) is -0.931. The van der Waals surface area contributed by atoms with E-state index in [1.807, 2.05) is 20.8 Å². The lowest BCUT2D eigenvalue weighted by Crippen LogP contribution is -2.51. The number of benzene rings is 1. The molecule has 1 aromatic carbocycles. The van der Waals surface area contributed by atoms with Gasteiger partial charge in [-0.15, -0.1) is 0 Å². The first-order valence-electron chi connectivity index (χ1n) is 8.29. The SMILES string of the molecule is Cc1cc(OCC(=O)OC(C)C(=O)N2CC(C)OC(C)C2)ccc1Cl. The molecule has 25 heavy (non-hydrogen) atoms. The fourth-order valence-electron chi connectivity index (χ4n) is 2.75. The average molecular weight is 370 g/mol. The van der Waals surface area contributed by atoms with Gasteiger partial charge in [0.1, 0.15) is 5.75 Å². The maximum absolute atomic E-state index is 12.4. The smallest absolute Gasteiger partial charge is 0.344 e. The van der Waals surface area contributed by atoms with E-state index in [4.69, 9.17) is 25.8 Å². The normalized spacial score (nSPS) is 21.6. The van der Waals surface area contributed by atoms with Crippen LogP contribution in [0.15, 0.2) is 18.2 Å². The van der Waals surface area contributed by atoms with E-state index in [0.717, 1.165) is 5.56 Å². The summed E-state index contributed by atoms with van der Waals surface area (Å²) >= 11 is 5.94. The number of carbonyl (C=O) groups excluding carboxylic acids is 2. The number of amides is 1. The first kappa shape index (κ1) is 19.5. The minimum atomic E-state index is -0.861. The van der Waals surface area contributed by atoms with Gasteiger partial charge in [-0.1, -0.05) is 11.6 Å². The molecule has 6 nitrogen and oxygen atoms in total. The molecular weight excluding hydrogens is 346 g/mol. The number of carbonyl (C=O) groups is 2. The number of morpholine rings is 1. The lowest BCUT2D eigenvalue weighted by atomic mass is 10.2. The molecule has 1 fully saturated rings. The summed E-state index contributed by atoms with van der Waals surface area (Å²) in [5.41, 5.74) is 0.853. The standard InChI is InChI=1S/C18H24ClNO5/c1-11-7-15(5-6-16(11)19)23-10-17(21)25-14(4)18(22)20-8-12(2)24-13(3)9-20/h5-7,12-14H,8-10H2,1-4H3. The van der Waals surface area contributed by atoms with Crippen molar-refractivity contribution in [1.82, 2.24) is 4.90 Å². The molecule has 1 aliphatic heterocycles. The van der Waals surface area contributed by atoms with Crippen molar-refractivity contribution in [2.45, 2.75) is 46.0 Å². The average Bonchev–Trinajstić information content (AvgIpc) is 2.54. The fraction of sp³-hybridized carbons (Fsp3) is 0.556. The molecule has 0 spiro atoms. The Morgan fingerprint density at radius 2 is 1.96 bits per heavy atom. The van der Waals surface area contributed by atoms with Crippen LogP contribution in [0.3, 0.4) is 0 Å². The van der Waals surface area contributed by atoms with Crippen LogP contribution in [-0.4, -0.2) is 54.8 Å². The molecule has 0 saturated carbocycles. The molecule has 138 valence electrons. The van der Waals surface area contributed by atoms with E-state index in [1.54, 1.807) is 30.0 Å². The zero-order valence-corrected chi connectivity index (χ0v) is 15.7. The third-order valence-corrected chi connectivity index (χ3v) is 4.30. The first-order chi connectivity index (χ1) is 11.8. The molecule has 0 N–H and O–H groups in total. The van der Waals surface area contributed by atoms with E-state index in [-0.39, 0.29) is 24.7 Å². The molecule has 3 unspecified atom stereocenters. The van der Waals surface area contributed by atoms with Gasteiger partial charge in [-0.05, 0) is 51.5 Å². The van der Waals surface area contributed by atoms with Gasteiger partial charge in [0, 0.05) is 18.1 Å². The molecule has 7 heteroatoms. The van der Waals surface area contributed by atoms with Crippen molar-refractivity contribution < 1.29 is 23.8 Å². The lowest BCUT2D eigenvalue weighted by molar-refractivity contribution is -0.165. The van der Waals surface area contributed by atoms with Gasteiger partial charge in [0.15, 0.2) is 12.7 Å². The second-order valence-electron chi connectivity index (χ2n) is 6.33. The molecule has 1 aromatic rings. The third kappa shape index (κ3) is 5.61. The monoisotopic (exact) mass is 369 g/mol. The number of ether oxygens (including phenoxy) is 3. The number of halogens is 1. The van der Waals surface area contributed by atoms with Gasteiger partial charge in [0.2, 0.25) is 0 Å². The highest BCUT2D eigenvalue weighted by molar-refractivity contribution is 6.31. The Morgan fingerprint density at radius 1 is 1.32 bits per heavy atom. The van der Waals surface area contributed by atoms with Gasteiger partial charge in [-0.3, -0.25) is 4.79 Å². The number of hydrogen-bond donors (Lipinski definition) is 0. The molecule has 0 aliphatic carbocycles. The molecule has 1 heterocycles. The molecule has 3 atom stereocenters. The molecule has 0 aromatic heterocycles. The van der Waals surface area contributed by atoms with E-state index in [2.05, 4.69) is 0 Å². The fourth-order valence-corrected chi connectivity index (χ4v) is 2.86. The summed E-state index contributed by atoms with van der Waals surface area (Å²) < 4.78 is 16.2. The van der Waals surface area contributed by atoms with E-state index >= 15 is 0 Å². The van der Waals surface area contributed by atoms with Crippen molar-refractivity contribution in [3.63, 3.8) is 0 Å². The Kier molecular flexibility index (Phi) is 6.67. The highest BCUT2D eigenvalue weighted by Crippen LogP contribution is 2.21. The molecular formula is C18H24ClNO5. The number of aryl methyl sites for hydroxylation is 1. The highest BCUT2D eigenvalue weighted by Gasteiger charge is 2.30. The molecule has 1 saturated heterocycles. The van der Waals surface area contributed by atoms with Crippen LogP contribution in [0.1, 0.15) is 26.3 Å². The largest absolute Gasteiger partial charge is 0.482 e. The summed E-state index contributed by atoms with van der Waals surface area (Å²) in [7, 11) is 0. The molecule has 1 amide bonds. The molecule has 1 aliphatic rings.